The van der Waals surface area contributed by atoms with Gasteiger partial charge in [-0.15, -0.1) is 0 Å². The zero-order valence-electron chi connectivity index (χ0n) is 18.2. The number of rotatable bonds is 7. The highest BCUT2D eigenvalue weighted by Gasteiger charge is 2.18. The van der Waals surface area contributed by atoms with E-state index in [9.17, 15) is 4.79 Å². The van der Waals surface area contributed by atoms with Crippen LogP contribution in [0, 0.1) is 0 Å². The van der Waals surface area contributed by atoms with Crippen molar-refractivity contribution in [2.75, 3.05) is 25.5 Å². The van der Waals surface area contributed by atoms with Crippen molar-refractivity contribution < 1.29 is 4.74 Å². The molecule has 0 atom stereocenters. The molecule has 3 aromatic rings. The molecular weight excluding hydrogens is 382 g/mol. The fourth-order valence-electron chi connectivity index (χ4n) is 3.34. The van der Waals surface area contributed by atoms with Crippen molar-refractivity contribution in [3.8, 4) is 17.1 Å². The normalized spacial score (nSPS) is 11.7. The van der Waals surface area contributed by atoms with Gasteiger partial charge in [0.25, 0.3) is 5.56 Å². The van der Waals surface area contributed by atoms with Crippen LogP contribution in [0.25, 0.3) is 22.4 Å². The number of aryl methyl sites for hydroxylation is 2. The molecule has 0 aliphatic carbocycles. The average Bonchev–Trinajstić information content (AvgIpc) is 3.05. The molecule has 2 heterocycles. The predicted octanol–water partition coefficient (Wildman–Crippen LogP) is 2.68. The van der Waals surface area contributed by atoms with E-state index in [0.29, 0.717) is 40.7 Å². The van der Waals surface area contributed by atoms with Gasteiger partial charge in [0.05, 0.1) is 17.9 Å². The predicted molar refractivity (Wildman–Crippen MR) is 120 cm³/mol. The number of hydrogen-bond donors (Lipinski definition) is 3. The molecule has 0 saturated carbocycles. The van der Waals surface area contributed by atoms with Gasteiger partial charge in [-0.25, -0.2) is 4.98 Å². The topological polar surface area (TPSA) is 109 Å². The summed E-state index contributed by atoms with van der Waals surface area (Å²) in [5.74, 6) is 1.75. The molecule has 0 bridgehead atoms. The van der Waals surface area contributed by atoms with Crippen LogP contribution in [0.2, 0.25) is 0 Å². The molecule has 0 aliphatic rings. The Balaban J connectivity index is 2.15. The van der Waals surface area contributed by atoms with Crippen molar-refractivity contribution in [1.29, 1.82) is 0 Å². The summed E-state index contributed by atoms with van der Waals surface area (Å²) in [5.41, 5.74) is 3.19. The van der Waals surface area contributed by atoms with Crippen LogP contribution in [0.4, 0.5) is 5.69 Å². The Labute approximate surface area is 175 Å². The van der Waals surface area contributed by atoms with Crippen LogP contribution >= 0.6 is 0 Å². The number of ether oxygens (including phenoxy) is 1. The second-order valence-corrected chi connectivity index (χ2v) is 6.80. The number of anilines is 1. The van der Waals surface area contributed by atoms with Gasteiger partial charge in [0.1, 0.15) is 17.1 Å². The molecule has 0 aliphatic heterocycles. The second-order valence-electron chi connectivity index (χ2n) is 6.80. The molecule has 0 saturated heterocycles. The summed E-state index contributed by atoms with van der Waals surface area (Å²) in [6.07, 6.45) is 1.68. The number of guanidine groups is 1. The van der Waals surface area contributed by atoms with Gasteiger partial charge in [0.15, 0.2) is 11.5 Å². The average molecular weight is 412 g/mol. The fraction of sp³-hybridized carbons (Fsp3) is 0.429. The van der Waals surface area contributed by atoms with Gasteiger partial charge in [-0.3, -0.25) is 14.5 Å². The first-order valence-corrected chi connectivity index (χ1v) is 10.2. The van der Waals surface area contributed by atoms with Crippen LogP contribution < -0.4 is 20.9 Å². The molecule has 9 heteroatoms. The Bertz CT molecular complexity index is 1110. The maximum atomic E-state index is 12.8. The second kappa shape index (κ2) is 9.43. The zero-order chi connectivity index (χ0) is 21.7. The van der Waals surface area contributed by atoms with Crippen molar-refractivity contribution in [3.63, 3.8) is 0 Å². The van der Waals surface area contributed by atoms with Gasteiger partial charge in [0.2, 0.25) is 0 Å². The van der Waals surface area contributed by atoms with Crippen molar-refractivity contribution >= 4 is 22.7 Å². The molecule has 0 unspecified atom stereocenters. The monoisotopic (exact) mass is 411 g/mol. The summed E-state index contributed by atoms with van der Waals surface area (Å²) in [7, 11) is 3.48. The molecule has 0 radical (unpaired) electrons. The number of aromatic amines is 1. The van der Waals surface area contributed by atoms with Crippen molar-refractivity contribution in [2.24, 2.45) is 12.0 Å². The quantitative estimate of drug-likeness (QED) is 0.407. The van der Waals surface area contributed by atoms with Crippen molar-refractivity contribution in [2.45, 2.75) is 33.6 Å². The third kappa shape index (κ3) is 4.29. The Hall–Kier alpha value is -3.36. The number of aliphatic imine (C=N–C) groups is 1. The summed E-state index contributed by atoms with van der Waals surface area (Å²) < 4.78 is 7.40. The van der Waals surface area contributed by atoms with Crippen LogP contribution in [0.15, 0.2) is 28.0 Å². The summed E-state index contributed by atoms with van der Waals surface area (Å²) in [6.45, 7) is 7.24. The standard InChI is InChI=1S/C21H29N7O2/c1-6-9-15-17-18(28(5)27-15)20(29)26-19(25-17)14-12-13(10-11-16(14)30-8-3)24-21(22-4)23-7-2/h10-12H,6-9H2,1-5H3,(H2,22,23,24)(H,25,26,29). The molecule has 0 amide bonds. The Morgan fingerprint density at radius 3 is 2.77 bits per heavy atom. The zero-order valence-corrected chi connectivity index (χ0v) is 18.2. The number of fused-ring (bicyclic) bond motifs is 1. The summed E-state index contributed by atoms with van der Waals surface area (Å²) in [5, 5.41) is 10.9. The van der Waals surface area contributed by atoms with E-state index in [1.54, 1.807) is 18.8 Å². The third-order valence-electron chi connectivity index (χ3n) is 4.61. The van der Waals surface area contributed by atoms with Gasteiger partial charge in [0, 0.05) is 26.3 Å². The minimum Gasteiger partial charge on any atom is -0.493 e. The number of nitrogens with zero attached hydrogens (tertiary/aromatic N) is 4. The highest BCUT2D eigenvalue weighted by Crippen LogP contribution is 2.31. The molecule has 30 heavy (non-hydrogen) atoms. The maximum Gasteiger partial charge on any atom is 0.277 e. The molecule has 0 spiro atoms. The van der Waals surface area contributed by atoms with Gasteiger partial charge in [-0.2, -0.15) is 5.10 Å². The van der Waals surface area contributed by atoms with Crippen LogP contribution in [0.5, 0.6) is 5.75 Å². The summed E-state index contributed by atoms with van der Waals surface area (Å²) >= 11 is 0. The maximum absolute atomic E-state index is 12.8. The molecule has 3 N–H and O–H groups in total. The summed E-state index contributed by atoms with van der Waals surface area (Å²) in [4.78, 5) is 24.7. The first-order chi connectivity index (χ1) is 14.5. The molecule has 9 nitrogen and oxygen atoms in total. The van der Waals surface area contributed by atoms with E-state index >= 15 is 0 Å². The number of H-pyrrole nitrogens is 1. The van der Waals surface area contributed by atoms with Crippen molar-refractivity contribution in [1.82, 2.24) is 25.1 Å². The minimum atomic E-state index is -0.225. The van der Waals surface area contributed by atoms with E-state index in [-0.39, 0.29) is 5.56 Å². The highest BCUT2D eigenvalue weighted by molar-refractivity contribution is 5.94. The number of nitrogens with one attached hydrogen (secondary N) is 3. The van der Waals surface area contributed by atoms with Crippen molar-refractivity contribution in [3.05, 3.63) is 34.2 Å². The minimum absolute atomic E-state index is 0.225. The fourth-order valence-corrected chi connectivity index (χ4v) is 3.34. The van der Waals surface area contributed by atoms with Crippen LogP contribution in [-0.2, 0) is 13.5 Å². The summed E-state index contributed by atoms with van der Waals surface area (Å²) in [6, 6.07) is 5.66. The third-order valence-corrected chi connectivity index (χ3v) is 4.61. The van der Waals surface area contributed by atoms with E-state index in [2.05, 4.69) is 32.6 Å². The first-order valence-electron chi connectivity index (χ1n) is 10.2. The largest absolute Gasteiger partial charge is 0.493 e. The Morgan fingerprint density at radius 2 is 2.10 bits per heavy atom. The lowest BCUT2D eigenvalue weighted by atomic mass is 10.1. The molecule has 2 aromatic heterocycles. The van der Waals surface area contributed by atoms with Gasteiger partial charge >= 0.3 is 0 Å². The number of benzene rings is 1. The van der Waals surface area contributed by atoms with Crippen LogP contribution in [0.1, 0.15) is 32.9 Å². The van der Waals surface area contributed by atoms with Gasteiger partial charge in [-0.1, -0.05) is 13.3 Å². The molecule has 160 valence electrons. The number of aromatic nitrogens is 4. The van der Waals surface area contributed by atoms with Crippen LogP contribution in [0.3, 0.4) is 0 Å². The van der Waals surface area contributed by atoms with E-state index in [4.69, 9.17) is 9.72 Å². The lowest BCUT2D eigenvalue weighted by molar-refractivity contribution is 0.341. The SMILES string of the molecule is CCCc1nn(C)c2c(=O)[nH]c(-c3cc(NC(=NC)NCC)ccc3OCC)nc12. The van der Waals surface area contributed by atoms with E-state index in [1.165, 1.54) is 0 Å². The van der Waals surface area contributed by atoms with Gasteiger partial charge < -0.3 is 20.4 Å². The van der Waals surface area contributed by atoms with E-state index in [0.717, 1.165) is 30.8 Å². The van der Waals surface area contributed by atoms with E-state index < -0.39 is 0 Å². The number of hydrogen-bond acceptors (Lipinski definition) is 5. The Kier molecular flexibility index (Phi) is 6.71. The molecular formula is C21H29N7O2. The lowest BCUT2D eigenvalue weighted by Gasteiger charge is -2.14. The first kappa shape index (κ1) is 21.4. The molecule has 3 rings (SSSR count). The van der Waals surface area contributed by atoms with Gasteiger partial charge in [-0.05, 0) is 38.5 Å². The smallest absolute Gasteiger partial charge is 0.277 e. The van der Waals surface area contributed by atoms with Crippen LogP contribution in [-0.4, -0.2) is 45.9 Å². The highest BCUT2D eigenvalue weighted by atomic mass is 16.5. The molecule has 0 fully saturated rings. The van der Waals surface area contributed by atoms with E-state index in [1.807, 2.05) is 32.0 Å². The lowest BCUT2D eigenvalue weighted by Crippen LogP contribution is -2.30. The molecule has 1 aromatic carbocycles. The Morgan fingerprint density at radius 1 is 1.30 bits per heavy atom.